The van der Waals surface area contributed by atoms with E-state index in [0.29, 0.717) is 5.33 Å². The van der Waals surface area contributed by atoms with Gasteiger partial charge >= 0.3 is 5.91 Å². The van der Waals surface area contributed by atoms with Gasteiger partial charge in [0.05, 0.1) is 6.20 Å². The fourth-order valence-corrected chi connectivity index (χ4v) is 0.795. The van der Waals surface area contributed by atoms with Crippen LogP contribution in [0.25, 0.3) is 0 Å². The Hall–Kier alpha value is -0.770. The minimum Gasteiger partial charge on any atom is -0.215 e. The first-order valence-electron chi connectivity index (χ1n) is 2.76. The van der Waals surface area contributed by atoms with Crippen LogP contribution in [0.1, 0.15) is 4.79 Å². The highest BCUT2D eigenvalue weighted by atomic mass is 79.9. The fourth-order valence-electron chi connectivity index (χ4n) is 0.538. The molecule has 0 aliphatic rings. The molecule has 0 unspecified atom stereocenters. The van der Waals surface area contributed by atoms with E-state index in [-0.39, 0.29) is 5.91 Å². The lowest BCUT2D eigenvalue weighted by Crippen LogP contribution is -2.46. The van der Waals surface area contributed by atoms with Crippen LogP contribution < -0.4 is 4.68 Å². The summed E-state index contributed by atoms with van der Waals surface area (Å²) < 4.78 is 1.29. The highest BCUT2D eigenvalue weighted by Gasteiger charge is 2.11. The van der Waals surface area contributed by atoms with Crippen molar-refractivity contribution in [2.75, 3.05) is 5.33 Å². The molecule has 0 radical (unpaired) electrons. The van der Waals surface area contributed by atoms with Gasteiger partial charge in [-0.3, -0.25) is 0 Å². The van der Waals surface area contributed by atoms with Gasteiger partial charge in [0.2, 0.25) is 6.20 Å². The summed E-state index contributed by atoms with van der Waals surface area (Å²) in [6.07, 6.45) is 3.18. The number of rotatable bonds is 1. The summed E-state index contributed by atoms with van der Waals surface area (Å²) in [6, 6.07) is 3.52. The third kappa shape index (κ3) is 1.60. The number of carbonyl (C=O) groups is 1. The van der Waals surface area contributed by atoms with Crippen LogP contribution in [0.15, 0.2) is 24.5 Å². The van der Waals surface area contributed by atoms with E-state index in [2.05, 4.69) is 21.0 Å². The van der Waals surface area contributed by atoms with E-state index in [4.69, 9.17) is 0 Å². The van der Waals surface area contributed by atoms with E-state index in [1.807, 2.05) is 0 Å². The largest absolute Gasteiger partial charge is 0.427 e. The maximum Gasteiger partial charge on any atom is 0.427 e. The van der Waals surface area contributed by atoms with Crippen molar-refractivity contribution >= 4 is 21.8 Å². The summed E-state index contributed by atoms with van der Waals surface area (Å²) in [6.45, 7) is 0. The molecule has 0 atom stereocenters. The quantitative estimate of drug-likeness (QED) is 0.488. The summed E-state index contributed by atoms with van der Waals surface area (Å²) in [5.41, 5.74) is 0. The first-order valence-corrected chi connectivity index (χ1v) is 3.89. The Kier molecular flexibility index (Phi) is 2.50. The monoisotopic (exact) mass is 201 g/mol. The fraction of sp³-hybridized carbons (Fsp3) is 0.167. The van der Waals surface area contributed by atoms with Gasteiger partial charge in [-0.2, -0.15) is 0 Å². The number of alkyl halides is 1. The van der Waals surface area contributed by atoms with Crippen molar-refractivity contribution in [3.8, 4) is 0 Å². The predicted octanol–water partition coefficient (Wildman–Crippen LogP) is 0.404. The van der Waals surface area contributed by atoms with Crippen LogP contribution in [0.5, 0.6) is 0 Å². The van der Waals surface area contributed by atoms with Gasteiger partial charge in [-0.05, 0) is 10.7 Å². The molecule has 0 aliphatic heterocycles. The minimum atomic E-state index is -0.0689. The van der Waals surface area contributed by atoms with Crippen molar-refractivity contribution in [3.63, 3.8) is 0 Å². The van der Waals surface area contributed by atoms with Crippen molar-refractivity contribution in [1.82, 2.24) is 5.10 Å². The van der Waals surface area contributed by atoms with Crippen LogP contribution >= 0.6 is 15.9 Å². The number of nitrogens with zero attached hydrogens (tertiary/aromatic N) is 2. The molecule has 0 aliphatic carbocycles. The summed E-state index contributed by atoms with van der Waals surface area (Å²) in [5.74, 6) is -0.0689. The van der Waals surface area contributed by atoms with Gasteiger partial charge in [0.25, 0.3) is 0 Å². The average Bonchev–Trinajstić information content (AvgIpc) is 2.05. The van der Waals surface area contributed by atoms with E-state index in [0.717, 1.165) is 0 Å². The molecule has 0 saturated carbocycles. The van der Waals surface area contributed by atoms with Crippen LogP contribution in [0.4, 0.5) is 0 Å². The Labute approximate surface area is 66.8 Å². The molecule has 52 valence electrons. The Morgan fingerprint density at radius 1 is 1.60 bits per heavy atom. The molecule has 0 N–H and O–H groups in total. The van der Waals surface area contributed by atoms with Crippen molar-refractivity contribution in [2.24, 2.45) is 0 Å². The summed E-state index contributed by atoms with van der Waals surface area (Å²) in [4.78, 5) is 10.9. The van der Waals surface area contributed by atoms with Gasteiger partial charge < -0.3 is 0 Å². The molecule has 1 aromatic heterocycles. The zero-order valence-corrected chi connectivity index (χ0v) is 6.78. The molecule has 0 aromatic carbocycles. The van der Waals surface area contributed by atoms with Gasteiger partial charge in [0, 0.05) is 11.2 Å². The number of hydrogen-bond donors (Lipinski definition) is 0. The van der Waals surface area contributed by atoms with Crippen molar-refractivity contribution < 1.29 is 9.48 Å². The molecular formula is C6H6BrN2O+. The number of halogens is 1. The van der Waals surface area contributed by atoms with Crippen LogP contribution in [0, 0.1) is 0 Å². The van der Waals surface area contributed by atoms with Crippen LogP contribution in [-0.2, 0) is 0 Å². The van der Waals surface area contributed by atoms with Gasteiger partial charge in [-0.15, -0.1) is 0 Å². The lowest BCUT2D eigenvalue weighted by Gasteiger charge is -1.83. The molecule has 3 nitrogen and oxygen atoms in total. The molecule has 0 fully saturated rings. The number of aromatic nitrogens is 2. The molecule has 0 amide bonds. The maximum atomic E-state index is 10.9. The summed E-state index contributed by atoms with van der Waals surface area (Å²) in [7, 11) is 0. The normalized spacial score (nSPS) is 9.30. The van der Waals surface area contributed by atoms with Crippen LogP contribution in [-0.4, -0.2) is 16.3 Å². The van der Waals surface area contributed by atoms with Crippen molar-refractivity contribution in [3.05, 3.63) is 24.5 Å². The third-order valence-corrected chi connectivity index (χ3v) is 1.47. The average molecular weight is 202 g/mol. The Morgan fingerprint density at radius 3 is 2.90 bits per heavy atom. The number of hydrogen-bond acceptors (Lipinski definition) is 2. The Bertz CT molecular complexity index is 224. The smallest absolute Gasteiger partial charge is 0.215 e. The van der Waals surface area contributed by atoms with E-state index in [1.54, 1.807) is 24.5 Å². The maximum absolute atomic E-state index is 10.9. The molecule has 10 heavy (non-hydrogen) atoms. The van der Waals surface area contributed by atoms with E-state index < -0.39 is 0 Å². The van der Waals surface area contributed by atoms with E-state index in [1.165, 1.54) is 4.68 Å². The molecule has 1 heterocycles. The second-order valence-corrected chi connectivity index (χ2v) is 2.23. The van der Waals surface area contributed by atoms with Crippen LogP contribution in [0.3, 0.4) is 0 Å². The van der Waals surface area contributed by atoms with Crippen molar-refractivity contribution in [2.45, 2.75) is 0 Å². The number of carbonyl (C=O) groups excluding carboxylic acids is 1. The van der Waals surface area contributed by atoms with Gasteiger partial charge in [0.15, 0.2) is 0 Å². The topological polar surface area (TPSA) is 33.8 Å². The zero-order valence-electron chi connectivity index (χ0n) is 5.20. The highest BCUT2D eigenvalue weighted by Crippen LogP contribution is 1.78. The molecule has 0 bridgehead atoms. The highest BCUT2D eigenvalue weighted by molar-refractivity contribution is 9.09. The second kappa shape index (κ2) is 3.41. The second-order valence-electron chi connectivity index (χ2n) is 1.67. The first-order chi connectivity index (χ1) is 4.84. The molecule has 0 saturated heterocycles. The van der Waals surface area contributed by atoms with E-state index in [9.17, 15) is 4.79 Å². The lowest BCUT2D eigenvalue weighted by molar-refractivity contribution is -0.636. The molecule has 1 rings (SSSR count). The predicted molar refractivity (Wildman–Crippen MR) is 38.9 cm³/mol. The summed E-state index contributed by atoms with van der Waals surface area (Å²) in [5, 5.41) is 4.09. The lowest BCUT2D eigenvalue weighted by atomic mass is 10.6. The first kappa shape index (κ1) is 7.34. The van der Waals surface area contributed by atoms with Crippen molar-refractivity contribution in [1.29, 1.82) is 0 Å². The van der Waals surface area contributed by atoms with E-state index >= 15 is 0 Å². The molecule has 4 heteroatoms. The standard InChI is InChI=1S/C6H6BrN2O/c7-5-6(10)9-4-2-1-3-8-9/h1-4H,5H2/q+1. The SMILES string of the molecule is O=C(CBr)[n+]1ccccn1. The van der Waals surface area contributed by atoms with Crippen LogP contribution in [0.2, 0.25) is 0 Å². The van der Waals surface area contributed by atoms with Gasteiger partial charge in [-0.25, -0.2) is 4.79 Å². The third-order valence-electron chi connectivity index (χ3n) is 0.985. The Balaban J connectivity index is 2.85. The minimum absolute atomic E-state index is 0.0689. The Morgan fingerprint density at radius 2 is 2.40 bits per heavy atom. The summed E-state index contributed by atoms with van der Waals surface area (Å²) >= 11 is 3.04. The molecule has 0 spiro atoms. The molecule has 1 aromatic rings. The zero-order chi connectivity index (χ0) is 7.40. The molecular weight excluding hydrogens is 196 g/mol. The van der Waals surface area contributed by atoms with Gasteiger partial charge in [-0.1, -0.05) is 15.9 Å². The van der Waals surface area contributed by atoms with Gasteiger partial charge in [0.1, 0.15) is 5.33 Å².